The average Bonchev–Trinajstić information content (AvgIpc) is 3.48. The highest BCUT2D eigenvalue weighted by molar-refractivity contribution is 6.43. The number of fused-ring (bicyclic) bond motifs is 1. The van der Waals surface area contributed by atoms with Gasteiger partial charge in [0.15, 0.2) is 17.5 Å². The summed E-state index contributed by atoms with van der Waals surface area (Å²) in [5.74, 6) is -1.50. The van der Waals surface area contributed by atoms with Gasteiger partial charge in [0, 0.05) is 24.3 Å². The van der Waals surface area contributed by atoms with Gasteiger partial charge in [-0.2, -0.15) is 13.2 Å². The van der Waals surface area contributed by atoms with E-state index in [1.54, 1.807) is 0 Å². The highest BCUT2D eigenvalue weighted by Crippen LogP contribution is 2.39. The van der Waals surface area contributed by atoms with Crippen molar-refractivity contribution in [3.63, 3.8) is 0 Å². The number of nitrogens with zero attached hydrogens (tertiary/aromatic N) is 4. The minimum Gasteiger partial charge on any atom is -0.497 e. The summed E-state index contributed by atoms with van der Waals surface area (Å²) < 4.78 is 78.9. The maximum Gasteiger partial charge on any atom is 0.417 e. The number of methoxy groups -OCH3 is 1. The van der Waals surface area contributed by atoms with Crippen LogP contribution in [-0.2, 0) is 12.6 Å². The lowest BCUT2D eigenvalue weighted by Crippen LogP contribution is -2.13. The van der Waals surface area contributed by atoms with Crippen molar-refractivity contribution in [1.29, 1.82) is 0 Å². The van der Waals surface area contributed by atoms with Crippen LogP contribution < -0.4 is 4.74 Å². The van der Waals surface area contributed by atoms with Crippen LogP contribution in [0.1, 0.15) is 29.7 Å². The van der Waals surface area contributed by atoms with Crippen LogP contribution in [0.5, 0.6) is 5.75 Å². The lowest BCUT2D eigenvalue weighted by atomic mass is 10.0. The van der Waals surface area contributed by atoms with Gasteiger partial charge in [0.1, 0.15) is 22.9 Å². The van der Waals surface area contributed by atoms with Crippen LogP contribution in [0.3, 0.4) is 0 Å². The van der Waals surface area contributed by atoms with Gasteiger partial charge in [0.05, 0.1) is 30.0 Å². The second kappa shape index (κ2) is 9.72. The fourth-order valence-corrected chi connectivity index (χ4v) is 4.10. The number of halogens is 5. The zero-order valence-electron chi connectivity index (χ0n) is 19.4. The van der Waals surface area contributed by atoms with Gasteiger partial charge in [0.2, 0.25) is 0 Å². The zero-order chi connectivity index (χ0) is 26.2. The third-order valence-electron chi connectivity index (χ3n) is 5.96. The maximum atomic E-state index is 14.2. The Bertz CT molecular complexity index is 1470. The summed E-state index contributed by atoms with van der Waals surface area (Å²) in [4.78, 5) is 13.2. The number of aromatic nitrogens is 1. The molecule has 2 aliphatic rings. The fraction of sp³-hybridized carbons (Fsp3) is 0.231. The normalized spacial score (nSPS) is 18.9. The first-order valence-electron chi connectivity index (χ1n) is 11.3. The average molecular weight is 514 g/mol. The second-order valence-electron chi connectivity index (χ2n) is 8.42. The van der Waals surface area contributed by atoms with E-state index in [0.29, 0.717) is 36.4 Å². The van der Waals surface area contributed by atoms with Gasteiger partial charge in [-0.15, -0.1) is 0 Å². The number of aliphatic imine (C=N–C) groups is 3. The summed E-state index contributed by atoms with van der Waals surface area (Å²) in [6.45, 7) is 0. The number of benzene rings is 2. The molecule has 1 unspecified atom stereocenters. The summed E-state index contributed by atoms with van der Waals surface area (Å²) >= 11 is 0. The monoisotopic (exact) mass is 514 g/mol. The van der Waals surface area contributed by atoms with Crippen LogP contribution in [0.15, 0.2) is 73.7 Å². The molecule has 1 atom stereocenters. The Kier molecular flexibility index (Phi) is 6.45. The summed E-state index contributed by atoms with van der Waals surface area (Å²) in [5.41, 5.74) is -0.0604. The van der Waals surface area contributed by atoms with Crippen molar-refractivity contribution in [1.82, 2.24) is 5.16 Å². The number of allylic oxidation sites excluding steroid dienone is 2. The molecule has 0 saturated carbocycles. The number of hydrogen-bond acceptors (Lipinski definition) is 6. The predicted molar refractivity (Wildman–Crippen MR) is 127 cm³/mol. The molecule has 0 bridgehead atoms. The molecule has 2 aliphatic heterocycles. The molecule has 3 heterocycles. The first-order chi connectivity index (χ1) is 17.7. The van der Waals surface area contributed by atoms with E-state index in [1.807, 2.05) is 6.08 Å². The summed E-state index contributed by atoms with van der Waals surface area (Å²) in [6.07, 6.45) is 0.194. The predicted octanol–water partition coefficient (Wildman–Crippen LogP) is 6.21. The van der Waals surface area contributed by atoms with Gasteiger partial charge >= 0.3 is 6.18 Å². The minimum absolute atomic E-state index is 0.0453. The molecule has 5 rings (SSSR count). The Morgan fingerprint density at radius 1 is 1.05 bits per heavy atom. The van der Waals surface area contributed by atoms with E-state index in [0.717, 1.165) is 12.1 Å². The van der Waals surface area contributed by atoms with Crippen molar-refractivity contribution >= 4 is 17.8 Å². The highest BCUT2D eigenvalue weighted by atomic mass is 19.4. The Hall–Kier alpha value is -4.15. The van der Waals surface area contributed by atoms with Gasteiger partial charge in [0.25, 0.3) is 0 Å². The number of hydrogen-bond donors (Lipinski definition) is 0. The molecule has 0 spiro atoms. The molecule has 0 radical (unpaired) electrons. The Labute approximate surface area is 207 Å². The molecule has 11 heteroatoms. The molecule has 0 fully saturated rings. The second-order valence-corrected chi connectivity index (χ2v) is 8.42. The summed E-state index contributed by atoms with van der Waals surface area (Å²) in [6, 6.07) is 8.63. The molecule has 3 aromatic rings. The number of rotatable bonds is 5. The van der Waals surface area contributed by atoms with E-state index in [4.69, 9.17) is 9.26 Å². The van der Waals surface area contributed by atoms with Crippen LogP contribution in [0.4, 0.5) is 22.0 Å². The minimum atomic E-state index is -4.60. The highest BCUT2D eigenvalue weighted by Gasteiger charge is 2.35. The number of alkyl halides is 3. The van der Waals surface area contributed by atoms with Crippen molar-refractivity contribution in [3.05, 3.63) is 82.8 Å². The topological polar surface area (TPSA) is 72.3 Å². The molecule has 1 aromatic heterocycles. The Balaban J connectivity index is 1.34. The molecule has 0 N–H and O–H groups in total. The third-order valence-corrected chi connectivity index (χ3v) is 5.96. The summed E-state index contributed by atoms with van der Waals surface area (Å²) in [7, 11) is 1.29. The quantitative estimate of drug-likeness (QED) is 0.380. The van der Waals surface area contributed by atoms with Gasteiger partial charge in [-0.1, -0.05) is 17.3 Å². The SMILES string of the molecule is COc1ccc(-c2cc(CC3CC/C=C4/N=C(c5cccc(F)c5F)N=C4C=N3)on2)c(C(F)(F)F)c1. The Morgan fingerprint density at radius 2 is 1.89 bits per heavy atom. The lowest BCUT2D eigenvalue weighted by molar-refractivity contribution is -0.137. The standard InChI is InChI=1S/C26H19F5N4O2/c1-36-15-8-9-17(19(11-15)26(29,30)31)22-12-16(37-35-22)10-14-4-2-7-21-23(13-32-14)34-25(33-21)18-5-3-6-20(27)24(18)28/h3,5-9,11-14H,2,4,10H2,1H3/b21-7+,32-13?. The van der Waals surface area contributed by atoms with Crippen LogP contribution in [0, 0.1) is 11.6 Å². The van der Waals surface area contributed by atoms with E-state index in [1.165, 1.54) is 43.7 Å². The maximum absolute atomic E-state index is 14.2. The molecule has 0 amide bonds. The van der Waals surface area contributed by atoms with Crippen molar-refractivity contribution in [2.24, 2.45) is 15.0 Å². The van der Waals surface area contributed by atoms with E-state index in [2.05, 4.69) is 20.1 Å². The first-order valence-corrected chi connectivity index (χ1v) is 11.3. The molecule has 0 saturated heterocycles. The molecule has 0 aliphatic carbocycles. The van der Waals surface area contributed by atoms with Crippen molar-refractivity contribution < 1.29 is 31.2 Å². The number of ether oxygens (including phenoxy) is 1. The van der Waals surface area contributed by atoms with Crippen molar-refractivity contribution in [2.75, 3.05) is 7.11 Å². The Morgan fingerprint density at radius 3 is 2.68 bits per heavy atom. The van der Waals surface area contributed by atoms with Gasteiger partial charge in [-0.25, -0.2) is 18.8 Å². The van der Waals surface area contributed by atoms with Crippen LogP contribution in [0.2, 0.25) is 0 Å². The third kappa shape index (κ3) is 5.07. The van der Waals surface area contributed by atoms with Crippen LogP contribution in [0.25, 0.3) is 11.3 Å². The van der Waals surface area contributed by atoms with Crippen molar-refractivity contribution in [3.8, 4) is 17.0 Å². The van der Waals surface area contributed by atoms with Crippen LogP contribution >= 0.6 is 0 Å². The van der Waals surface area contributed by atoms with Gasteiger partial charge < -0.3 is 9.26 Å². The molecular formula is C26H19F5N4O2. The lowest BCUT2D eigenvalue weighted by Gasteiger charge is -2.12. The zero-order valence-corrected chi connectivity index (χ0v) is 19.4. The van der Waals surface area contributed by atoms with Crippen LogP contribution in [-0.4, -0.2) is 36.1 Å². The molecule has 190 valence electrons. The van der Waals surface area contributed by atoms with Crippen molar-refractivity contribution in [2.45, 2.75) is 31.5 Å². The van der Waals surface area contributed by atoms with Gasteiger partial charge in [-0.05, 0) is 43.2 Å². The van der Waals surface area contributed by atoms with Gasteiger partial charge in [-0.3, -0.25) is 4.99 Å². The van der Waals surface area contributed by atoms with E-state index < -0.39 is 23.4 Å². The molecule has 37 heavy (non-hydrogen) atoms. The molecule has 6 nitrogen and oxygen atoms in total. The largest absolute Gasteiger partial charge is 0.497 e. The van der Waals surface area contributed by atoms with E-state index in [-0.39, 0.29) is 34.4 Å². The molecule has 2 aromatic carbocycles. The fourth-order valence-electron chi connectivity index (χ4n) is 4.10. The first kappa shape index (κ1) is 24.5. The van der Waals surface area contributed by atoms with E-state index in [9.17, 15) is 22.0 Å². The van der Waals surface area contributed by atoms with E-state index >= 15 is 0 Å². The molecular weight excluding hydrogens is 495 g/mol. The smallest absolute Gasteiger partial charge is 0.417 e. The number of amidine groups is 1. The summed E-state index contributed by atoms with van der Waals surface area (Å²) in [5, 5.41) is 3.85.